The van der Waals surface area contributed by atoms with Crippen molar-refractivity contribution in [2.45, 2.75) is 13.5 Å². The SMILES string of the molecule is C/C=C/Cn1c(=O)[nH]c(=O)n1-c1ccccc1. The maximum atomic E-state index is 11.7. The molecule has 1 heterocycles. The van der Waals surface area contributed by atoms with Crippen molar-refractivity contribution in [1.82, 2.24) is 14.3 Å². The van der Waals surface area contributed by atoms with E-state index in [1.165, 1.54) is 9.36 Å². The van der Waals surface area contributed by atoms with Crippen LogP contribution in [0.25, 0.3) is 5.69 Å². The average molecular weight is 231 g/mol. The molecule has 0 radical (unpaired) electrons. The molecule has 1 N–H and O–H groups in total. The van der Waals surface area contributed by atoms with E-state index in [-0.39, 0.29) is 0 Å². The highest BCUT2D eigenvalue weighted by Gasteiger charge is 2.08. The zero-order valence-corrected chi connectivity index (χ0v) is 9.46. The third kappa shape index (κ3) is 2.13. The summed E-state index contributed by atoms with van der Waals surface area (Å²) in [6, 6.07) is 9.05. The van der Waals surface area contributed by atoms with Crippen molar-refractivity contribution < 1.29 is 0 Å². The topological polar surface area (TPSA) is 59.8 Å². The van der Waals surface area contributed by atoms with E-state index in [1.54, 1.807) is 12.1 Å². The van der Waals surface area contributed by atoms with Gasteiger partial charge in [0.1, 0.15) is 0 Å². The molecule has 88 valence electrons. The smallest absolute Gasteiger partial charge is 0.256 e. The van der Waals surface area contributed by atoms with E-state index in [2.05, 4.69) is 4.98 Å². The molecule has 0 aliphatic rings. The minimum atomic E-state index is -0.425. The van der Waals surface area contributed by atoms with Crippen LogP contribution < -0.4 is 11.4 Å². The highest BCUT2D eigenvalue weighted by molar-refractivity contribution is 5.29. The van der Waals surface area contributed by atoms with Crippen LogP contribution in [0.2, 0.25) is 0 Å². The number of nitrogens with zero attached hydrogens (tertiary/aromatic N) is 2. The van der Waals surface area contributed by atoms with Crippen LogP contribution in [-0.2, 0) is 6.54 Å². The number of hydrogen-bond donors (Lipinski definition) is 1. The fourth-order valence-electron chi connectivity index (χ4n) is 1.61. The molecule has 2 rings (SSSR count). The first-order valence-corrected chi connectivity index (χ1v) is 5.32. The number of para-hydroxylation sites is 1. The molecule has 0 amide bonds. The Labute approximate surface area is 97.6 Å². The Bertz CT molecular complexity index is 632. The number of aromatic amines is 1. The molecule has 1 aromatic carbocycles. The number of nitrogens with one attached hydrogen (secondary N) is 1. The Morgan fingerprint density at radius 2 is 1.88 bits per heavy atom. The number of aromatic nitrogens is 3. The molecule has 0 saturated carbocycles. The lowest BCUT2D eigenvalue weighted by Crippen LogP contribution is -2.24. The van der Waals surface area contributed by atoms with Crippen LogP contribution in [0.3, 0.4) is 0 Å². The second-order valence-electron chi connectivity index (χ2n) is 3.53. The van der Waals surface area contributed by atoms with Crippen molar-refractivity contribution in [3.8, 4) is 5.69 Å². The van der Waals surface area contributed by atoms with E-state index in [4.69, 9.17) is 0 Å². The summed E-state index contributed by atoms with van der Waals surface area (Å²) in [4.78, 5) is 25.5. The third-order valence-electron chi connectivity index (χ3n) is 2.40. The summed E-state index contributed by atoms with van der Waals surface area (Å²) in [6.45, 7) is 2.23. The summed E-state index contributed by atoms with van der Waals surface area (Å²) >= 11 is 0. The molecule has 17 heavy (non-hydrogen) atoms. The van der Waals surface area contributed by atoms with Gasteiger partial charge < -0.3 is 0 Å². The van der Waals surface area contributed by atoms with E-state index in [1.807, 2.05) is 37.3 Å². The van der Waals surface area contributed by atoms with Crippen molar-refractivity contribution in [1.29, 1.82) is 0 Å². The number of rotatable bonds is 3. The molecule has 0 fully saturated rings. The van der Waals surface area contributed by atoms with E-state index in [0.29, 0.717) is 12.2 Å². The van der Waals surface area contributed by atoms with Crippen molar-refractivity contribution in [3.63, 3.8) is 0 Å². The molecule has 1 aromatic heterocycles. The first-order valence-electron chi connectivity index (χ1n) is 5.32. The van der Waals surface area contributed by atoms with Crippen LogP contribution in [0.1, 0.15) is 6.92 Å². The van der Waals surface area contributed by atoms with Gasteiger partial charge in [-0.3, -0.25) is 4.98 Å². The summed E-state index contributed by atoms with van der Waals surface area (Å²) in [7, 11) is 0. The first kappa shape index (κ1) is 11.2. The molecule has 0 saturated heterocycles. The number of benzene rings is 1. The third-order valence-corrected chi connectivity index (χ3v) is 2.40. The van der Waals surface area contributed by atoms with Gasteiger partial charge >= 0.3 is 11.4 Å². The molecule has 0 aliphatic heterocycles. The number of allylic oxidation sites excluding steroid dienone is 2. The first-order chi connectivity index (χ1) is 8.24. The standard InChI is InChI=1S/C12H13N3O2/c1-2-3-9-14-11(16)13-12(17)15(14)10-7-5-4-6-8-10/h2-8H,9H2,1H3,(H,13,16,17)/b3-2+. The van der Waals surface area contributed by atoms with Crippen molar-refractivity contribution in [3.05, 3.63) is 63.5 Å². The van der Waals surface area contributed by atoms with Crippen LogP contribution in [0.15, 0.2) is 52.1 Å². The quantitative estimate of drug-likeness (QED) is 0.798. The van der Waals surface area contributed by atoms with Crippen molar-refractivity contribution in [2.24, 2.45) is 0 Å². The summed E-state index contributed by atoms with van der Waals surface area (Å²) in [6.07, 6.45) is 3.65. The highest BCUT2D eigenvalue weighted by atomic mass is 16.2. The normalized spacial score (nSPS) is 11.1. The van der Waals surface area contributed by atoms with Crippen LogP contribution in [-0.4, -0.2) is 14.3 Å². The van der Waals surface area contributed by atoms with Crippen molar-refractivity contribution >= 4 is 0 Å². The van der Waals surface area contributed by atoms with Crippen LogP contribution in [0.5, 0.6) is 0 Å². The van der Waals surface area contributed by atoms with Crippen molar-refractivity contribution in [2.75, 3.05) is 0 Å². The lowest BCUT2D eigenvalue weighted by Gasteiger charge is -2.06. The largest absolute Gasteiger partial charge is 0.349 e. The Morgan fingerprint density at radius 3 is 2.53 bits per heavy atom. The van der Waals surface area contributed by atoms with E-state index in [9.17, 15) is 9.59 Å². The molecule has 0 unspecified atom stereocenters. The number of H-pyrrole nitrogens is 1. The van der Waals surface area contributed by atoms with Crippen LogP contribution in [0, 0.1) is 0 Å². The fraction of sp³-hybridized carbons (Fsp3) is 0.167. The minimum absolute atomic E-state index is 0.364. The van der Waals surface area contributed by atoms with Crippen LogP contribution >= 0.6 is 0 Å². The summed E-state index contributed by atoms with van der Waals surface area (Å²) < 4.78 is 2.69. The van der Waals surface area contributed by atoms with E-state index < -0.39 is 11.4 Å². The minimum Gasteiger partial charge on any atom is -0.256 e. The van der Waals surface area contributed by atoms with Gasteiger partial charge in [-0.2, -0.15) is 4.68 Å². The molecule has 5 nitrogen and oxygen atoms in total. The van der Waals surface area contributed by atoms with Crippen LogP contribution in [0.4, 0.5) is 0 Å². The molecular weight excluding hydrogens is 218 g/mol. The molecule has 0 bridgehead atoms. The molecular formula is C12H13N3O2. The van der Waals surface area contributed by atoms with E-state index >= 15 is 0 Å². The Morgan fingerprint density at radius 1 is 1.18 bits per heavy atom. The Hall–Kier alpha value is -2.30. The summed E-state index contributed by atoms with van der Waals surface area (Å²) in [5.41, 5.74) is -0.164. The number of hydrogen-bond acceptors (Lipinski definition) is 2. The van der Waals surface area contributed by atoms with Gasteiger partial charge in [0.25, 0.3) is 0 Å². The van der Waals surface area contributed by atoms with E-state index in [0.717, 1.165) is 0 Å². The lowest BCUT2D eigenvalue weighted by molar-refractivity contribution is 0.584. The van der Waals surface area contributed by atoms with Gasteiger partial charge in [-0.25, -0.2) is 14.3 Å². The summed E-state index contributed by atoms with van der Waals surface area (Å²) in [5, 5.41) is 0. The fourth-order valence-corrected chi connectivity index (χ4v) is 1.61. The van der Waals surface area contributed by atoms with Gasteiger partial charge in [0.05, 0.1) is 12.2 Å². The van der Waals surface area contributed by atoms with Gasteiger partial charge in [-0.05, 0) is 19.1 Å². The molecule has 0 aliphatic carbocycles. The summed E-state index contributed by atoms with van der Waals surface area (Å²) in [5.74, 6) is 0. The van der Waals surface area contributed by atoms with Gasteiger partial charge in [0.2, 0.25) is 0 Å². The maximum absolute atomic E-state index is 11.7. The van der Waals surface area contributed by atoms with Gasteiger partial charge in [-0.1, -0.05) is 30.4 Å². The maximum Gasteiger partial charge on any atom is 0.349 e. The average Bonchev–Trinajstić information content (AvgIpc) is 2.62. The predicted molar refractivity (Wildman–Crippen MR) is 65.5 cm³/mol. The Kier molecular flexibility index (Phi) is 3.09. The Balaban J connectivity index is 2.61. The monoisotopic (exact) mass is 231 g/mol. The predicted octanol–water partition coefficient (Wildman–Crippen LogP) is 0.903. The second-order valence-corrected chi connectivity index (χ2v) is 3.53. The molecule has 2 aromatic rings. The lowest BCUT2D eigenvalue weighted by atomic mass is 10.3. The molecule has 5 heteroatoms. The van der Waals surface area contributed by atoms with Gasteiger partial charge in [0.15, 0.2) is 0 Å². The zero-order valence-electron chi connectivity index (χ0n) is 9.46. The second kappa shape index (κ2) is 4.69. The molecule has 0 spiro atoms. The van der Waals surface area contributed by atoms with Gasteiger partial charge in [-0.15, -0.1) is 0 Å². The highest BCUT2D eigenvalue weighted by Crippen LogP contribution is 2.02. The molecule has 0 atom stereocenters. The van der Waals surface area contributed by atoms with Gasteiger partial charge in [0, 0.05) is 0 Å². The zero-order chi connectivity index (χ0) is 12.3.